The van der Waals surface area contributed by atoms with Crippen molar-refractivity contribution in [3.05, 3.63) is 284 Å². The molecular weight excluding hydrogens is 1070 g/mol. The van der Waals surface area contributed by atoms with Gasteiger partial charge in [0.05, 0.1) is 0 Å². The van der Waals surface area contributed by atoms with Gasteiger partial charge in [0, 0.05) is 77.2 Å². The van der Waals surface area contributed by atoms with Gasteiger partial charge in [-0.1, -0.05) is 177 Å². The van der Waals surface area contributed by atoms with E-state index in [1.807, 2.05) is 24.7 Å². The smallest absolute Gasteiger partial charge is 0.0420 e. The number of fused-ring (bicyclic) bond motifs is 5. The topological polar surface area (TPSA) is 29.0 Å². The van der Waals surface area contributed by atoms with Gasteiger partial charge in [0.2, 0.25) is 0 Å². The molecule has 8 aliphatic rings. The maximum Gasteiger partial charge on any atom is 0.0420 e. The van der Waals surface area contributed by atoms with Crippen LogP contribution in [0.1, 0.15) is 180 Å². The minimum absolute atomic E-state index is 0.0184. The molecule has 7 atom stereocenters. The molecule has 4 aromatic carbocycles. The lowest BCUT2D eigenvalue weighted by Gasteiger charge is -2.49. The lowest BCUT2D eigenvalue weighted by molar-refractivity contribution is 0.281. The molecule has 0 aliphatic heterocycles. The Morgan fingerprint density at radius 1 is 0.747 bits per heavy atom. The average molecular weight is 1160 g/mol. The van der Waals surface area contributed by atoms with Gasteiger partial charge in [-0.25, -0.2) is 0 Å². The zero-order valence-corrected chi connectivity index (χ0v) is 53.0. The van der Waals surface area contributed by atoms with E-state index in [0.29, 0.717) is 47.3 Å². The maximum atomic E-state index is 5.11. The zero-order chi connectivity index (χ0) is 59.2. The fraction of sp³-hybridized carbons (Fsp3) is 0.349. The Morgan fingerprint density at radius 2 is 1.55 bits per heavy atom. The molecule has 440 valence electrons. The number of pyridine rings is 2. The molecule has 8 aliphatic carbocycles. The predicted molar refractivity (Wildman–Crippen MR) is 369 cm³/mol. The van der Waals surface area contributed by atoms with E-state index in [0.717, 1.165) is 81.9 Å². The SMILES string of the molecule is C/C=C1\C2=C(C=CC(c3ccc(C4C=C(C5=CC[C@@H](C6=CCC7c8cc(C)ccc8-c8cccc6c87)C=C5)C=C(CCC(C)C/C(=C\CC)N(c5ccc(-c6cccnc6)cc5)C5(C)CCC(c6cccnc6)CC5)C4)cc3)C2CS)C2=CCCCC21. The third-order valence-corrected chi connectivity index (χ3v) is 22.0. The van der Waals surface area contributed by atoms with Crippen molar-refractivity contribution in [2.45, 2.75) is 154 Å². The van der Waals surface area contributed by atoms with Crippen LogP contribution in [0.4, 0.5) is 5.69 Å². The summed E-state index contributed by atoms with van der Waals surface area (Å²) >= 11 is 5.11. The number of benzene rings is 4. The molecule has 14 rings (SSSR count). The first kappa shape index (κ1) is 57.5. The number of hydrogen-bond donors (Lipinski definition) is 1. The van der Waals surface area contributed by atoms with Crippen molar-refractivity contribution in [3.8, 4) is 22.3 Å². The Hall–Kier alpha value is -7.27. The number of anilines is 1. The van der Waals surface area contributed by atoms with E-state index in [9.17, 15) is 0 Å². The van der Waals surface area contributed by atoms with Crippen LogP contribution in [0, 0.1) is 30.6 Å². The molecule has 1 saturated carbocycles. The number of nitrogens with zero attached hydrogens (tertiary/aromatic N) is 3. The standard InChI is InChI=1S/C83H87N3S/c1-6-13-68(86(67-33-31-57(32-34-67)63-14-11-44-84-51-63)83(5)42-40-60(41-43-83)64-15-12-45-85-52-64)46-54(3)20-22-56-48-65(58-23-27-61(28-24-58)70-36-39-78-79-47-55(4)21-35-74(79)76-19-10-18-75(70)82(76)78)50-66(49-56)59-25-29-62(30-26-59)71-37-38-77-73-17-9-8-16-72(73)69(7-2)81(77)80(71)53-87/h7,10-15,17-19,21,23-27,29-38,44-45,47-48,50-52,54,60-61,66,71-72,78,80,87H,6,8-9,16,20,22,28,39-43,46,49,53H2,1-5H3/b68-13+,69-7-/t54?,60?,61-,66?,71?,72?,78?,80?,83?/m0/s1. The van der Waals surface area contributed by atoms with Crippen LogP contribution >= 0.6 is 12.6 Å². The molecular formula is C83H87N3S. The van der Waals surface area contributed by atoms with Gasteiger partial charge in [-0.2, -0.15) is 12.6 Å². The van der Waals surface area contributed by atoms with Gasteiger partial charge in [0.25, 0.3) is 0 Å². The fourth-order valence-electron chi connectivity index (χ4n) is 17.2. The lowest BCUT2D eigenvalue weighted by Crippen LogP contribution is -2.48. The monoisotopic (exact) mass is 1160 g/mol. The quantitative estimate of drug-likeness (QED) is 0.0980. The number of aromatic nitrogens is 2. The van der Waals surface area contributed by atoms with E-state index >= 15 is 0 Å². The van der Waals surface area contributed by atoms with Crippen LogP contribution in [0.15, 0.2) is 246 Å². The van der Waals surface area contributed by atoms with Crippen LogP contribution in [0.5, 0.6) is 0 Å². The molecule has 3 nitrogen and oxygen atoms in total. The van der Waals surface area contributed by atoms with E-state index in [1.54, 1.807) is 27.9 Å². The Labute approximate surface area is 525 Å². The van der Waals surface area contributed by atoms with E-state index in [4.69, 9.17) is 12.6 Å². The van der Waals surface area contributed by atoms with Gasteiger partial charge < -0.3 is 4.90 Å². The molecule has 2 aromatic heterocycles. The van der Waals surface area contributed by atoms with Crippen LogP contribution in [0.3, 0.4) is 0 Å². The Balaban J connectivity index is 0.732. The van der Waals surface area contributed by atoms with Crippen molar-refractivity contribution < 1.29 is 0 Å². The third kappa shape index (κ3) is 11.1. The lowest BCUT2D eigenvalue weighted by atomic mass is 9.73. The summed E-state index contributed by atoms with van der Waals surface area (Å²) in [5.74, 6) is 4.23. The summed E-state index contributed by atoms with van der Waals surface area (Å²) in [5.41, 5.74) is 30.1. The largest absolute Gasteiger partial charge is 0.340 e. The molecule has 1 fully saturated rings. The first-order valence-electron chi connectivity index (χ1n) is 33.3. The van der Waals surface area contributed by atoms with E-state index in [2.05, 4.69) is 226 Å². The summed E-state index contributed by atoms with van der Waals surface area (Å²) in [6, 6.07) is 42.0. The zero-order valence-electron chi connectivity index (χ0n) is 52.1. The minimum atomic E-state index is -0.0184. The molecule has 6 unspecified atom stereocenters. The third-order valence-electron chi connectivity index (χ3n) is 21.6. The van der Waals surface area contributed by atoms with Crippen LogP contribution in [0.25, 0.3) is 27.8 Å². The Morgan fingerprint density at radius 3 is 2.30 bits per heavy atom. The molecule has 0 amide bonds. The second-order valence-electron chi connectivity index (χ2n) is 27.1. The average Bonchev–Trinajstić information content (AvgIpc) is 1.84. The summed E-state index contributed by atoms with van der Waals surface area (Å²) in [4.78, 5) is 11.8. The van der Waals surface area contributed by atoms with Gasteiger partial charge in [-0.05, 0) is 247 Å². The Kier molecular flexibility index (Phi) is 16.3. The molecule has 0 saturated heterocycles. The van der Waals surface area contributed by atoms with Crippen molar-refractivity contribution in [1.29, 1.82) is 0 Å². The normalized spacial score (nSPS) is 26.2. The summed E-state index contributed by atoms with van der Waals surface area (Å²) in [6.45, 7) is 11.9. The minimum Gasteiger partial charge on any atom is -0.340 e. The van der Waals surface area contributed by atoms with E-state index in [-0.39, 0.29) is 5.54 Å². The van der Waals surface area contributed by atoms with Gasteiger partial charge in [-0.3, -0.25) is 9.97 Å². The summed E-state index contributed by atoms with van der Waals surface area (Å²) in [6.07, 6.45) is 51.5. The summed E-state index contributed by atoms with van der Waals surface area (Å²) in [5, 5.41) is 0. The van der Waals surface area contributed by atoms with Gasteiger partial charge in [0.1, 0.15) is 0 Å². The number of thiol groups is 1. The highest BCUT2D eigenvalue weighted by molar-refractivity contribution is 7.80. The molecule has 6 aromatic rings. The van der Waals surface area contributed by atoms with Crippen LogP contribution in [0.2, 0.25) is 0 Å². The number of allylic oxidation sites excluding steroid dienone is 20. The molecule has 87 heavy (non-hydrogen) atoms. The first-order chi connectivity index (χ1) is 42.7. The molecule has 0 spiro atoms. The molecule has 0 bridgehead atoms. The summed E-state index contributed by atoms with van der Waals surface area (Å²) < 4.78 is 0. The second kappa shape index (κ2) is 24.7. The molecule has 2 heterocycles. The van der Waals surface area contributed by atoms with Gasteiger partial charge >= 0.3 is 0 Å². The van der Waals surface area contributed by atoms with Crippen molar-refractivity contribution in [3.63, 3.8) is 0 Å². The van der Waals surface area contributed by atoms with Gasteiger partial charge in [0.15, 0.2) is 0 Å². The van der Waals surface area contributed by atoms with Crippen LogP contribution in [-0.4, -0.2) is 21.3 Å². The van der Waals surface area contributed by atoms with Crippen molar-refractivity contribution in [2.24, 2.45) is 23.7 Å². The fourth-order valence-corrected chi connectivity index (χ4v) is 17.6. The highest BCUT2D eigenvalue weighted by atomic mass is 32.1. The molecule has 0 N–H and O–H groups in total. The van der Waals surface area contributed by atoms with Crippen molar-refractivity contribution in [1.82, 2.24) is 9.97 Å². The van der Waals surface area contributed by atoms with Crippen molar-refractivity contribution in [2.75, 3.05) is 10.7 Å². The molecule has 0 radical (unpaired) electrons. The maximum absolute atomic E-state index is 5.11. The first-order valence-corrected chi connectivity index (χ1v) is 33.9. The van der Waals surface area contributed by atoms with E-state index < -0.39 is 0 Å². The van der Waals surface area contributed by atoms with E-state index in [1.165, 1.54) is 103 Å². The predicted octanol–water partition coefficient (Wildman–Crippen LogP) is 21.8. The number of aryl methyl sites for hydroxylation is 1. The number of hydrogen-bond acceptors (Lipinski definition) is 4. The van der Waals surface area contributed by atoms with Crippen LogP contribution < -0.4 is 4.90 Å². The highest BCUT2D eigenvalue weighted by Crippen LogP contribution is 2.56. The van der Waals surface area contributed by atoms with Crippen molar-refractivity contribution >= 4 is 23.9 Å². The molecule has 4 heteroatoms. The second-order valence-corrected chi connectivity index (χ2v) is 27.5. The number of rotatable bonds is 16. The van der Waals surface area contributed by atoms with Crippen LogP contribution in [-0.2, 0) is 0 Å². The Bertz CT molecular complexity index is 3890. The summed E-state index contributed by atoms with van der Waals surface area (Å²) in [7, 11) is 0. The highest BCUT2D eigenvalue weighted by Gasteiger charge is 2.42. The van der Waals surface area contributed by atoms with Gasteiger partial charge in [-0.15, -0.1) is 0 Å².